The van der Waals surface area contributed by atoms with Gasteiger partial charge in [0.25, 0.3) is 0 Å². The molecule has 4 heterocycles. The molecular formula is C24H40IN7O. The van der Waals surface area contributed by atoms with Crippen LogP contribution in [0.15, 0.2) is 23.3 Å². The molecular weight excluding hydrogens is 529 g/mol. The number of hydrogen-bond donors (Lipinski definition) is 1. The fourth-order valence-corrected chi connectivity index (χ4v) is 4.93. The molecule has 184 valence electrons. The fourth-order valence-electron chi connectivity index (χ4n) is 4.93. The van der Waals surface area contributed by atoms with Crippen molar-refractivity contribution in [3.8, 4) is 0 Å². The number of nitrogens with zero attached hydrogens (tertiary/aromatic N) is 6. The van der Waals surface area contributed by atoms with Crippen molar-refractivity contribution in [3.05, 3.63) is 23.9 Å². The Bertz CT molecular complexity index is 768. The Morgan fingerprint density at radius 2 is 1.61 bits per heavy atom. The third-order valence-electron chi connectivity index (χ3n) is 6.89. The Labute approximate surface area is 215 Å². The molecule has 33 heavy (non-hydrogen) atoms. The summed E-state index contributed by atoms with van der Waals surface area (Å²) in [5.41, 5.74) is 1.23. The summed E-state index contributed by atoms with van der Waals surface area (Å²) in [4.78, 5) is 30.6. The molecule has 0 aromatic carbocycles. The lowest BCUT2D eigenvalue weighted by molar-refractivity contribution is -0.131. The molecule has 1 amide bonds. The predicted octanol–water partition coefficient (Wildman–Crippen LogP) is 2.40. The van der Waals surface area contributed by atoms with Gasteiger partial charge in [0.05, 0.1) is 6.54 Å². The van der Waals surface area contributed by atoms with Crippen LogP contribution < -0.4 is 10.2 Å². The smallest absolute Gasteiger partial charge is 0.236 e. The molecule has 3 fully saturated rings. The van der Waals surface area contributed by atoms with Gasteiger partial charge in [0.15, 0.2) is 5.96 Å². The number of nitrogens with one attached hydrogen (secondary N) is 1. The number of halogens is 1. The molecule has 1 aromatic rings. The zero-order valence-electron chi connectivity index (χ0n) is 20.0. The van der Waals surface area contributed by atoms with Crippen molar-refractivity contribution in [2.45, 2.75) is 45.1 Å². The summed E-state index contributed by atoms with van der Waals surface area (Å²) < 4.78 is 0. The number of aromatic nitrogens is 1. The highest BCUT2D eigenvalue weighted by Gasteiger charge is 2.24. The van der Waals surface area contributed by atoms with Crippen LogP contribution >= 0.6 is 24.0 Å². The molecule has 0 spiro atoms. The molecule has 0 aliphatic carbocycles. The summed E-state index contributed by atoms with van der Waals surface area (Å²) in [6.45, 7) is 8.95. The van der Waals surface area contributed by atoms with Crippen LogP contribution in [0.3, 0.4) is 0 Å². The highest BCUT2D eigenvalue weighted by Crippen LogP contribution is 2.18. The highest BCUT2D eigenvalue weighted by atomic mass is 127. The molecule has 1 N–H and O–H groups in total. The first-order chi connectivity index (χ1) is 15.7. The van der Waals surface area contributed by atoms with Crippen molar-refractivity contribution < 1.29 is 4.79 Å². The molecule has 0 atom stereocenters. The van der Waals surface area contributed by atoms with Crippen LogP contribution in [0.5, 0.6) is 0 Å². The van der Waals surface area contributed by atoms with E-state index in [2.05, 4.69) is 42.1 Å². The first kappa shape index (κ1) is 26.0. The highest BCUT2D eigenvalue weighted by molar-refractivity contribution is 14.0. The van der Waals surface area contributed by atoms with E-state index in [1.165, 1.54) is 31.2 Å². The number of anilines is 1. The molecule has 1 aromatic heterocycles. The summed E-state index contributed by atoms with van der Waals surface area (Å²) >= 11 is 0. The second-order valence-corrected chi connectivity index (χ2v) is 9.18. The Morgan fingerprint density at radius 1 is 0.939 bits per heavy atom. The number of carbonyl (C=O) groups is 1. The van der Waals surface area contributed by atoms with Gasteiger partial charge in [0.2, 0.25) is 5.91 Å². The van der Waals surface area contributed by atoms with E-state index in [-0.39, 0.29) is 29.9 Å². The van der Waals surface area contributed by atoms with Gasteiger partial charge < -0.3 is 20.0 Å². The van der Waals surface area contributed by atoms with Gasteiger partial charge in [-0.25, -0.2) is 4.98 Å². The van der Waals surface area contributed by atoms with Crippen LogP contribution in [0.4, 0.5) is 5.82 Å². The van der Waals surface area contributed by atoms with E-state index in [1.807, 2.05) is 18.1 Å². The average Bonchev–Trinajstić information content (AvgIpc) is 3.23. The maximum absolute atomic E-state index is 12.4. The third-order valence-corrected chi connectivity index (χ3v) is 6.89. The van der Waals surface area contributed by atoms with Gasteiger partial charge in [-0.05, 0) is 43.4 Å². The molecule has 0 bridgehead atoms. The van der Waals surface area contributed by atoms with Gasteiger partial charge in [-0.3, -0.25) is 14.7 Å². The maximum atomic E-state index is 12.4. The van der Waals surface area contributed by atoms with Crippen LogP contribution in [-0.2, 0) is 11.3 Å². The first-order valence-electron chi connectivity index (χ1n) is 12.4. The van der Waals surface area contributed by atoms with Crippen LogP contribution in [0.2, 0.25) is 0 Å². The lowest BCUT2D eigenvalue weighted by Crippen LogP contribution is -2.54. The Hall–Kier alpha value is -1.62. The summed E-state index contributed by atoms with van der Waals surface area (Å²) in [7, 11) is 1.85. The maximum Gasteiger partial charge on any atom is 0.236 e. The summed E-state index contributed by atoms with van der Waals surface area (Å²) in [5, 5.41) is 3.53. The first-order valence-corrected chi connectivity index (χ1v) is 12.4. The van der Waals surface area contributed by atoms with E-state index < -0.39 is 0 Å². The van der Waals surface area contributed by atoms with E-state index in [0.29, 0.717) is 6.54 Å². The van der Waals surface area contributed by atoms with E-state index in [4.69, 9.17) is 0 Å². The van der Waals surface area contributed by atoms with Gasteiger partial charge in [-0.15, -0.1) is 24.0 Å². The van der Waals surface area contributed by atoms with Crippen LogP contribution in [0.1, 0.15) is 44.1 Å². The fraction of sp³-hybridized carbons (Fsp3) is 0.708. The van der Waals surface area contributed by atoms with Gasteiger partial charge in [0.1, 0.15) is 5.82 Å². The topological polar surface area (TPSA) is 67.3 Å². The largest absolute Gasteiger partial charge is 0.357 e. The standard InChI is InChI=1S/C24H39N7O.HI/c1-25-24(31-16-14-28(15-17-31)20-23(32)30-12-6-7-13-30)27-19-21-8-9-26-22(18-21)29-10-4-2-3-5-11-29;/h8-9,18H,2-7,10-17,19-20H2,1H3,(H,25,27);1H. The average molecular weight is 570 g/mol. The van der Waals surface area contributed by atoms with E-state index in [1.54, 1.807) is 0 Å². The second kappa shape index (κ2) is 13.3. The molecule has 0 unspecified atom stereocenters. The zero-order valence-corrected chi connectivity index (χ0v) is 22.4. The Morgan fingerprint density at radius 3 is 2.27 bits per heavy atom. The monoisotopic (exact) mass is 569 g/mol. The molecule has 9 heteroatoms. The Balaban J connectivity index is 0.00000306. The number of carbonyl (C=O) groups excluding carboxylic acids is 1. The van der Waals surface area contributed by atoms with Crippen molar-refractivity contribution in [2.75, 3.05) is 70.9 Å². The number of likely N-dealkylation sites (tertiary alicyclic amines) is 1. The SMILES string of the molecule is CN=C(NCc1ccnc(N2CCCCCC2)c1)N1CCN(CC(=O)N2CCCC2)CC1.I. The Kier molecular flexibility index (Phi) is 10.5. The number of rotatable bonds is 5. The van der Waals surface area contributed by atoms with E-state index >= 15 is 0 Å². The van der Waals surface area contributed by atoms with Crippen LogP contribution in [-0.4, -0.2) is 97.5 Å². The number of pyridine rings is 1. The quantitative estimate of drug-likeness (QED) is 0.334. The normalized spacial score (nSPS) is 20.4. The van der Waals surface area contributed by atoms with Gasteiger partial charge in [-0.1, -0.05) is 12.8 Å². The van der Waals surface area contributed by atoms with Crippen molar-refractivity contribution in [1.82, 2.24) is 25.0 Å². The number of amides is 1. The lowest BCUT2D eigenvalue weighted by Gasteiger charge is -2.36. The molecule has 3 saturated heterocycles. The minimum absolute atomic E-state index is 0. The second-order valence-electron chi connectivity index (χ2n) is 9.18. The molecule has 0 saturated carbocycles. The molecule has 0 radical (unpaired) electrons. The van der Waals surface area contributed by atoms with Crippen LogP contribution in [0.25, 0.3) is 0 Å². The van der Waals surface area contributed by atoms with E-state index in [9.17, 15) is 4.79 Å². The van der Waals surface area contributed by atoms with Crippen LogP contribution in [0, 0.1) is 0 Å². The predicted molar refractivity (Wildman–Crippen MR) is 144 cm³/mol. The van der Waals surface area contributed by atoms with Gasteiger partial charge in [0, 0.05) is 72.1 Å². The van der Waals surface area contributed by atoms with Gasteiger partial charge in [-0.2, -0.15) is 0 Å². The van der Waals surface area contributed by atoms with Gasteiger partial charge >= 0.3 is 0 Å². The molecule has 3 aliphatic rings. The molecule has 3 aliphatic heterocycles. The third kappa shape index (κ3) is 7.43. The molecule has 8 nitrogen and oxygen atoms in total. The zero-order chi connectivity index (χ0) is 22.2. The summed E-state index contributed by atoms with van der Waals surface area (Å²) in [5.74, 6) is 2.32. The minimum atomic E-state index is 0. The van der Waals surface area contributed by atoms with Crippen molar-refractivity contribution >= 4 is 41.7 Å². The lowest BCUT2D eigenvalue weighted by atomic mass is 10.2. The number of piperazine rings is 1. The summed E-state index contributed by atoms with van der Waals surface area (Å²) in [6, 6.07) is 4.30. The molecule has 4 rings (SSSR count). The van der Waals surface area contributed by atoms with Crippen molar-refractivity contribution in [2.24, 2.45) is 4.99 Å². The number of guanidine groups is 1. The van der Waals surface area contributed by atoms with Crippen molar-refractivity contribution in [1.29, 1.82) is 0 Å². The number of aliphatic imine (C=N–C) groups is 1. The van der Waals surface area contributed by atoms with E-state index in [0.717, 1.165) is 83.5 Å². The van der Waals surface area contributed by atoms with Crippen molar-refractivity contribution in [3.63, 3.8) is 0 Å². The summed E-state index contributed by atoms with van der Waals surface area (Å²) in [6.07, 6.45) is 9.40. The minimum Gasteiger partial charge on any atom is -0.357 e. The number of hydrogen-bond acceptors (Lipinski definition) is 5.